The summed E-state index contributed by atoms with van der Waals surface area (Å²) >= 11 is 0. The molecule has 0 radical (unpaired) electrons. The lowest BCUT2D eigenvalue weighted by Crippen LogP contribution is -2.07. The van der Waals surface area contributed by atoms with Crippen molar-refractivity contribution in [2.45, 2.75) is 17.8 Å². The van der Waals surface area contributed by atoms with Gasteiger partial charge in [0.15, 0.2) is 0 Å². The summed E-state index contributed by atoms with van der Waals surface area (Å²) in [7, 11) is 3.42. The lowest BCUT2D eigenvalue weighted by atomic mass is 9.80. The van der Waals surface area contributed by atoms with Crippen LogP contribution in [0.1, 0.15) is 67.8 Å². The predicted octanol–water partition coefficient (Wildman–Crippen LogP) is 11.2. The lowest BCUT2D eigenvalue weighted by molar-refractivity contribution is 0.414. The Labute approximate surface area is 290 Å². The van der Waals surface area contributed by atoms with Crippen molar-refractivity contribution < 1.29 is 9.47 Å². The molecule has 0 heterocycles. The van der Waals surface area contributed by atoms with Gasteiger partial charge in [0, 0.05) is 17.8 Å². The van der Waals surface area contributed by atoms with Crippen molar-refractivity contribution in [1.82, 2.24) is 0 Å². The fraction of sp³-hybridized carbons (Fsp3) is 0.106. The summed E-state index contributed by atoms with van der Waals surface area (Å²) in [6.45, 7) is 0. The van der Waals surface area contributed by atoms with E-state index in [1.54, 1.807) is 14.2 Å². The first-order chi connectivity index (χ1) is 24.2. The Balaban J connectivity index is 1.25. The fourth-order valence-electron chi connectivity index (χ4n) is 7.02. The van der Waals surface area contributed by atoms with Gasteiger partial charge in [0.1, 0.15) is 11.5 Å². The van der Waals surface area contributed by atoms with Crippen LogP contribution in [-0.2, 0) is 0 Å². The van der Waals surface area contributed by atoms with Crippen LogP contribution in [0.25, 0.3) is 0 Å². The molecule has 0 fully saturated rings. The molecule has 0 saturated carbocycles. The van der Waals surface area contributed by atoms with E-state index in [4.69, 9.17) is 9.47 Å². The van der Waals surface area contributed by atoms with Crippen molar-refractivity contribution in [1.29, 1.82) is 0 Å². The summed E-state index contributed by atoms with van der Waals surface area (Å²) in [6.07, 6.45) is 0. The van der Waals surface area contributed by atoms with Gasteiger partial charge in [-0.1, -0.05) is 164 Å². The van der Waals surface area contributed by atoms with E-state index in [2.05, 4.69) is 164 Å². The van der Waals surface area contributed by atoms with Crippen molar-refractivity contribution >= 4 is 0 Å². The molecule has 0 aliphatic heterocycles. The van der Waals surface area contributed by atoms with Gasteiger partial charge in [0.05, 0.1) is 14.2 Å². The molecule has 0 aliphatic rings. The van der Waals surface area contributed by atoms with E-state index in [9.17, 15) is 0 Å². The normalized spacial score (nSPS) is 12.9. The zero-order chi connectivity index (χ0) is 33.4. The highest BCUT2D eigenvalue weighted by molar-refractivity contribution is 5.51. The Bertz CT molecular complexity index is 1900. The fourth-order valence-corrected chi connectivity index (χ4v) is 7.02. The van der Waals surface area contributed by atoms with Crippen LogP contribution in [0, 0.1) is 0 Å². The minimum atomic E-state index is 0.0941. The minimum absolute atomic E-state index is 0.0941. The first-order valence-corrected chi connectivity index (χ1v) is 16.8. The molecule has 0 aromatic heterocycles. The molecule has 7 aromatic rings. The van der Waals surface area contributed by atoms with E-state index in [0.717, 1.165) is 11.5 Å². The van der Waals surface area contributed by atoms with Gasteiger partial charge in [-0.2, -0.15) is 0 Å². The Kier molecular flexibility index (Phi) is 9.66. The number of methoxy groups -OCH3 is 2. The van der Waals surface area contributed by atoms with Gasteiger partial charge >= 0.3 is 0 Å². The Hall–Kier alpha value is -5.86. The van der Waals surface area contributed by atoms with Crippen LogP contribution in [0.5, 0.6) is 11.5 Å². The van der Waals surface area contributed by atoms with Gasteiger partial charge < -0.3 is 9.47 Å². The highest BCUT2D eigenvalue weighted by atomic mass is 16.5. The molecule has 0 aliphatic carbocycles. The number of hydrogen-bond donors (Lipinski definition) is 0. The van der Waals surface area contributed by atoms with Gasteiger partial charge in [-0.05, 0) is 74.3 Å². The zero-order valence-electron chi connectivity index (χ0n) is 27.9. The second-order valence-electron chi connectivity index (χ2n) is 12.4. The maximum Gasteiger partial charge on any atom is 0.118 e. The summed E-state index contributed by atoms with van der Waals surface area (Å²) in [5.74, 6) is 2.05. The van der Waals surface area contributed by atoms with E-state index in [-0.39, 0.29) is 17.8 Å². The summed E-state index contributed by atoms with van der Waals surface area (Å²) in [5, 5.41) is 0. The van der Waals surface area contributed by atoms with Crippen LogP contribution < -0.4 is 9.47 Å². The van der Waals surface area contributed by atoms with Crippen molar-refractivity contribution in [2.75, 3.05) is 14.2 Å². The van der Waals surface area contributed by atoms with Crippen LogP contribution in [0.15, 0.2) is 188 Å². The Morgan fingerprint density at radius 2 is 0.429 bits per heavy atom. The molecule has 0 saturated heterocycles. The second kappa shape index (κ2) is 14.9. The largest absolute Gasteiger partial charge is 0.497 e. The SMILES string of the molecule is COc1ccc(C(c2ccccc2)c2ccc(C(c3ccccc3)c3ccc(C(c4ccccc4)c4ccc(OC)cc4)cc3)cc2)cc1. The third kappa shape index (κ3) is 7.05. The maximum absolute atomic E-state index is 5.46. The monoisotopic (exact) mass is 636 g/mol. The molecule has 0 N–H and O–H groups in total. The third-order valence-electron chi connectivity index (χ3n) is 9.50. The molecule has 2 unspecified atom stereocenters. The summed E-state index contributed by atoms with van der Waals surface area (Å²) < 4.78 is 10.9. The smallest absolute Gasteiger partial charge is 0.118 e. The average molecular weight is 637 g/mol. The van der Waals surface area contributed by atoms with Gasteiger partial charge in [-0.15, -0.1) is 0 Å². The van der Waals surface area contributed by atoms with E-state index in [1.807, 2.05) is 24.3 Å². The zero-order valence-corrected chi connectivity index (χ0v) is 27.9. The molecule has 0 amide bonds. The average Bonchev–Trinajstić information content (AvgIpc) is 3.18. The van der Waals surface area contributed by atoms with Crippen LogP contribution >= 0.6 is 0 Å². The summed E-state index contributed by atoms with van der Waals surface area (Å²) in [4.78, 5) is 0. The molecule has 240 valence electrons. The van der Waals surface area contributed by atoms with Gasteiger partial charge in [-0.3, -0.25) is 0 Å². The first kappa shape index (κ1) is 31.7. The third-order valence-corrected chi connectivity index (χ3v) is 9.50. The lowest BCUT2D eigenvalue weighted by Gasteiger charge is -2.23. The van der Waals surface area contributed by atoms with E-state index in [0.29, 0.717) is 0 Å². The van der Waals surface area contributed by atoms with Gasteiger partial charge in [0.2, 0.25) is 0 Å². The van der Waals surface area contributed by atoms with Crippen LogP contribution in [0.3, 0.4) is 0 Å². The number of rotatable bonds is 11. The van der Waals surface area contributed by atoms with E-state index >= 15 is 0 Å². The molecule has 0 bridgehead atoms. The quantitative estimate of drug-likeness (QED) is 0.132. The van der Waals surface area contributed by atoms with Crippen molar-refractivity contribution in [3.05, 3.63) is 238 Å². The number of benzene rings is 7. The minimum Gasteiger partial charge on any atom is -0.497 e. The standard InChI is InChI=1S/C47H40O2/c1-48-43-30-26-41(27-31-43)46(35-14-8-4-9-15-35)39-22-18-37(19-23-39)45(34-12-6-3-7-13-34)38-20-24-40(25-21-38)47(36-16-10-5-11-17-36)42-28-32-44(49-2)33-29-42/h3-33,45-47H,1-2H3. The van der Waals surface area contributed by atoms with Crippen LogP contribution in [-0.4, -0.2) is 14.2 Å². The molecule has 7 aromatic carbocycles. The van der Waals surface area contributed by atoms with Gasteiger partial charge in [-0.25, -0.2) is 0 Å². The Morgan fingerprint density at radius 1 is 0.245 bits per heavy atom. The molecule has 49 heavy (non-hydrogen) atoms. The Morgan fingerprint density at radius 3 is 0.633 bits per heavy atom. The summed E-state index contributed by atoms with van der Waals surface area (Å²) in [5.41, 5.74) is 11.3. The van der Waals surface area contributed by atoms with E-state index < -0.39 is 0 Å². The molecule has 0 spiro atoms. The molecular formula is C47H40O2. The number of ether oxygens (including phenoxy) is 2. The molecule has 7 rings (SSSR count). The number of hydrogen-bond acceptors (Lipinski definition) is 2. The maximum atomic E-state index is 5.46. The topological polar surface area (TPSA) is 18.5 Å². The van der Waals surface area contributed by atoms with Crippen LogP contribution in [0.4, 0.5) is 0 Å². The molecular weight excluding hydrogens is 597 g/mol. The molecule has 2 heteroatoms. The predicted molar refractivity (Wildman–Crippen MR) is 201 cm³/mol. The highest BCUT2D eigenvalue weighted by Crippen LogP contribution is 2.38. The molecule has 2 nitrogen and oxygen atoms in total. The second-order valence-corrected chi connectivity index (χ2v) is 12.4. The van der Waals surface area contributed by atoms with Crippen molar-refractivity contribution in [3.63, 3.8) is 0 Å². The van der Waals surface area contributed by atoms with Crippen LogP contribution in [0.2, 0.25) is 0 Å². The molecule has 2 atom stereocenters. The van der Waals surface area contributed by atoms with Crippen molar-refractivity contribution in [3.8, 4) is 11.5 Å². The van der Waals surface area contributed by atoms with Gasteiger partial charge in [0.25, 0.3) is 0 Å². The summed E-state index contributed by atoms with van der Waals surface area (Å²) in [6, 6.07) is 67.6. The highest BCUT2D eigenvalue weighted by Gasteiger charge is 2.22. The first-order valence-electron chi connectivity index (χ1n) is 16.8. The van der Waals surface area contributed by atoms with Crippen molar-refractivity contribution in [2.24, 2.45) is 0 Å². The van der Waals surface area contributed by atoms with E-state index in [1.165, 1.54) is 50.1 Å².